The molecule has 2 aromatic heterocycles. The highest BCUT2D eigenvalue weighted by molar-refractivity contribution is 5.82. The number of nitrogens with one attached hydrogen (secondary N) is 1. The first-order valence-electron chi connectivity index (χ1n) is 9.00. The van der Waals surface area contributed by atoms with Gasteiger partial charge in [-0.05, 0) is 76.4 Å². The summed E-state index contributed by atoms with van der Waals surface area (Å²) < 4.78 is 2.03. The molecular formula is C22H27N3O. The lowest BCUT2D eigenvalue weighted by Crippen LogP contribution is -2.41. The van der Waals surface area contributed by atoms with Crippen LogP contribution in [0.5, 0.6) is 0 Å². The summed E-state index contributed by atoms with van der Waals surface area (Å²) in [5, 5.41) is 3.05. The van der Waals surface area contributed by atoms with E-state index in [1.54, 1.807) is 0 Å². The third-order valence-corrected chi connectivity index (χ3v) is 4.50. The topological polar surface area (TPSA) is 46.4 Å². The number of aryl methyl sites for hydroxylation is 3. The van der Waals surface area contributed by atoms with Gasteiger partial charge in [0.25, 0.3) is 0 Å². The Labute approximate surface area is 155 Å². The zero-order valence-corrected chi connectivity index (χ0v) is 16.5. The molecule has 0 atom stereocenters. The van der Waals surface area contributed by atoms with E-state index in [-0.39, 0.29) is 11.4 Å². The summed E-state index contributed by atoms with van der Waals surface area (Å²) in [6.07, 6.45) is 2.30. The van der Waals surface area contributed by atoms with Crippen LogP contribution in [0.2, 0.25) is 0 Å². The van der Waals surface area contributed by atoms with Gasteiger partial charge >= 0.3 is 0 Å². The van der Waals surface area contributed by atoms with E-state index in [9.17, 15) is 4.79 Å². The van der Waals surface area contributed by atoms with E-state index in [0.717, 1.165) is 28.2 Å². The molecule has 4 heteroatoms. The van der Waals surface area contributed by atoms with Crippen LogP contribution in [0.1, 0.15) is 43.2 Å². The molecule has 0 bridgehead atoms. The van der Waals surface area contributed by atoms with Crippen molar-refractivity contribution >= 4 is 11.6 Å². The Morgan fingerprint density at radius 3 is 2.46 bits per heavy atom. The van der Waals surface area contributed by atoms with Gasteiger partial charge in [0.1, 0.15) is 5.65 Å². The summed E-state index contributed by atoms with van der Waals surface area (Å²) in [5.74, 6) is 0.00459. The summed E-state index contributed by atoms with van der Waals surface area (Å²) in [6, 6.07) is 10.4. The summed E-state index contributed by atoms with van der Waals surface area (Å²) in [6.45, 7) is 12.2. The van der Waals surface area contributed by atoms with Crippen LogP contribution in [0, 0.1) is 20.8 Å². The first kappa shape index (κ1) is 18.2. The molecule has 0 aliphatic heterocycles. The summed E-state index contributed by atoms with van der Waals surface area (Å²) >= 11 is 0. The lowest BCUT2D eigenvalue weighted by molar-refractivity contribution is -0.121. The van der Waals surface area contributed by atoms with Crippen LogP contribution in [0.3, 0.4) is 0 Å². The minimum atomic E-state index is -0.255. The fourth-order valence-electron chi connectivity index (χ4n) is 3.10. The number of hydrogen-bond donors (Lipinski definition) is 1. The number of amides is 1. The molecule has 0 saturated heterocycles. The van der Waals surface area contributed by atoms with Crippen molar-refractivity contribution in [2.75, 3.05) is 0 Å². The highest BCUT2D eigenvalue weighted by Crippen LogP contribution is 2.27. The molecule has 0 radical (unpaired) electrons. The van der Waals surface area contributed by atoms with Crippen LogP contribution in [0.4, 0.5) is 0 Å². The van der Waals surface area contributed by atoms with Gasteiger partial charge in [-0.1, -0.05) is 12.1 Å². The Morgan fingerprint density at radius 2 is 1.81 bits per heavy atom. The third kappa shape index (κ3) is 3.79. The zero-order chi connectivity index (χ0) is 19.1. The largest absolute Gasteiger partial charge is 0.351 e. The smallest absolute Gasteiger partial charge is 0.226 e. The number of aromatic nitrogens is 2. The maximum atomic E-state index is 12.6. The number of imidazole rings is 1. The first-order chi connectivity index (χ1) is 12.1. The second-order valence-corrected chi connectivity index (χ2v) is 8.11. The summed E-state index contributed by atoms with van der Waals surface area (Å²) in [4.78, 5) is 17.4. The maximum absolute atomic E-state index is 12.6. The Balaban J connectivity index is 2.12. The number of hydrogen-bond acceptors (Lipinski definition) is 2. The van der Waals surface area contributed by atoms with Crippen molar-refractivity contribution in [1.29, 1.82) is 0 Å². The maximum Gasteiger partial charge on any atom is 0.226 e. The Morgan fingerprint density at radius 1 is 1.08 bits per heavy atom. The molecule has 3 rings (SSSR count). The molecule has 1 amide bonds. The molecule has 1 N–H and O–H groups in total. The Bertz CT molecular complexity index is 977. The molecular weight excluding hydrogens is 322 g/mol. The van der Waals surface area contributed by atoms with Crippen molar-refractivity contribution in [3.63, 3.8) is 0 Å². The van der Waals surface area contributed by atoms with Crippen molar-refractivity contribution in [3.8, 4) is 11.3 Å². The van der Waals surface area contributed by atoms with Crippen LogP contribution in [-0.2, 0) is 11.2 Å². The van der Waals surface area contributed by atoms with Crippen molar-refractivity contribution < 1.29 is 4.79 Å². The van der Waals surface area contributed by atoms with E-state index in [2.05, 4.69) is 50.4 Å². The zero-order valence-electron chi connectivity index (χ0n) is 16.5. The lowest BCUT2D eigenvalue weighted by Gasteiger charge is -2.20. The van der Waals surface area contributed by atoms with E-state index in [4.69, 9.17) is 4.98 Å². The SMILES string of the molecule is Cc1ccn2c(CC(=O)NC(C)(C)C)c(-c3ccc(C)c(C)c3)nc2c1. The van der Waals surface area contributed by atoms with Gasteiger partial charge < -0.3 is 9.72 Å². The van der Waals surface area contributed by atoms with Gasteiger partial charge in [-0.25, -0.2) is 4.98 Å². The molecule has 0 aliphatic rings. The standard InChI is InChI=1S/C22H27N3O/c1-14-9-10-25-18(13-20(26)24-22(4,5)6)21(23-19(25)11-14)17-8-7-15(2)16(3)12-17/h7-12H,13H2,1-6H3,(H,24,26). The van der Waals surface area contributed by atoms with Crippen LogP contribution < -0.4 is 5.32 Å². The summed E-state index contributed by atoms with van der Waals surface area (Å²) in [5.41, 5.74) is 7.09. The fourth-order valence-corrected chi connectivity index (χ4v) is 3.10. The predicted octanol–water partition coefficient (Wildman–Crippen LogP) is 4.38. The van der Waals surface area contributed by atoms with Gasteiger partial charge in [-0.15, -0.1) is 0 Å². The fraction of sp³-hybridized carbons (Fsp3) is 0.364. The quantitative estimate of drug-likeness (QED) is 0.762. The van der Waals surface area contributed by atoms with Crippen molar-refractivity contribution in [2.45, 2.75) is 53.5 Å². The molecule has 0 unspecified atom stereocenters. The molecule has 26 heavy (non-hydrogen) atoms. The molecule has 4 nitrogen and oxygen atoms in total. The van der Waals surface area contributed by atoms with Crippen molar-refractivity contribution in [2.24, 2.45) is 0 Å². The molecule has 3 aromatic rings. The highest BCUT2D eigenvalue weighted by Gasteiger charge is 2.20. The van der Waals surface area contributed by atoms with Gasteiger partial charge in [0.05, 0.1) is 17.8 Å². The minimum Gasteiger partial charge on any atom is -0.351 e. The van der Waals surface area contributed by atoms with Crippen molar-refractivity contribution in [1.82, 2.24) is 14.7 Å². The van der Waals surface area contributed by atoms with E-state index < -0.39 is 0 Å². The number of pyridine rings is 1. The number of nitrogens with zero attached hydrogens (tertiary/aromatic N) is 2. The van der Waals surface area contributed by atoms with E-state index in [1.807, 2.05) is 37.4 Å². The first-order valence-corrected chi connectivity index (χ1v) is 9.00. The van der Waals surface area contributed by atoms with Gasteiger partial charge in [0, 0.05) is 17.3 Å². The second kappa shape index (κ2) is 6.60. The molecule has 2 heterocycles. The average molecular weight is 349 g/mol. The van der Waals surface area contributed by atoms with Gasteiger partial charge in [-0.2, -0.15) is 0 Å². The molecule has 1 aromatic carbocycles. The van der Waals surface area contributed by atoms with Gasteiger partial charge in [0.2, 0.25) is 5.91 Å². The number of benzene rings is 1. The van der Waals surface area contributed by atoms with Crippen molar-refractivity contribution in [3.05, 3.63) is 58.9 Å². The van der Waals surface area contributed by atoms with E-state index in [0.29, 0.717) is 6.42 Å². The van der Waals surface area contributed by atoms with Crippen LogP contribution >= 0.6 is 0 Å². The Hall–Kier alpha value is -2.62. The number of rotatable bonds is 3. The minimum absolute atomic E-state index is 0.00459. The monoisotopic (exact) mass is 349 g/mol. The molecule has 0 aliphatic carbocycles. The predicted molar refractivity (Wildman–Crippen MR) is 106 cm³/mol. The molecule has 0 saturated carbocycles. The molecule has 136 valence electrons. The summed E-state index contributed by atoms with van der Waals surface area (Å²) in [7, 11) is 0. The Kier molecular flexibility index (Phi) is 4.61. The molecule has 0 spiro atoms. The van der Waals surface area contributed by atoms with E-state index in [1.165, 1.54) is 11.1 Å². The van der Waals surface area contributed by atoms with Crippen LogP contribution in [0.15, 0.2) is 36.5 Å². The molecule has 0 fully saturated rings. The second-order valence-electron chi connectivity index (χ2n) is 8.11. The highest BCUT2D eigenvalue weighted by atomic mass is 16.1. The average Bonchev–Trinajstić information content (AvgIpc) is 2.85. The normalized spacial score (nSPS) is 11.8. The number of carbonyl (C=O) groups is 1. The number of carbonyl (C=O) groups excluding carboxylic acids is 1. The van der Waals surface area contributed by atoms with Crippen LogP contribution in [0.25, 0.3) is 16.9 Å². The third-order valence-electron chi connectivity index (χ3n) is 4.50. The van der Waals surface area contributed by atoms with Gasteiger partial charge in [0.15, 0.2) is 0 Å². The van der Waals surface area contributed by atoms with Gasteiger partial charge in [-0.3, -0.25) is 4.79 Å². The van der Waals surface area contributed by atoms with E-state index >= 15 is 0 Å². The van der Waals surface area contributed by atoms with Crippen LogP contribution in [-0.4, -0.2) is 20.8 Å². The lowest BCUT2D eigenvalue weighted by atomic mass is 10.0. The number of fused-ring (bicyclic) bond motifs is 1.